The van der Waals surface area contributed by atoms with Crippen molar-refractivity contribution in [2.75, 3.05) is 6.54 Å². The Labute approximate surface area is 172 Å². The van der Waals surface area contributed by atoms with Gasteiger partial charge in [-0.2, -0.15) is 0 Å². The van der Waals surface area contributed by atoms with Gasteiger partial charge >= 0.3 is 0 Å². The van der Waals surface area contributed by atoms with Gasteiger partial charge in [-0.15, -0.1) is 10.2 Å². The summed E-state index contributed by atoms with van der Waals surface area (Å²) in [6.45, 7) is 0.899. The van der Waals surface area contributed by atoms with Crippen molar-refractivity contribution in [1.29, 1.82) is 0 Å². The molecule has 1 aliphatic rings. The summed E-state index contributed by atoms with van der Waals surface area (Å²) in [7, 11) is 0. The van der Waals surface area contributed by atoms with Crippen LogP contribution in [0.25, 0.3) is 10.9 Å². The lowest BCUT2D eigenvalue weighted by Gasteiger charge is -2.18. The molecule has 7 nitrogen and oxygen atoms in total. The summed E-state index contributed by atoms with van der Waals surface area (Å²) in [5.41, 5.74) is 1.77. The van der Waals surface area contributed by atoms with Crippen molar-refractivity contribution in [1.82, 2.24) is 9.88 Å². The largest absolute Gasteiger partial charge is 0.493 e. The van der Waals surface area contributed by atoms with Gasteiger partial charge in [-0.05, 0) is 30.5 Å². The third kappa shape index (κ3) is 3.73. The summed E-state index contributed by atoms with van der Waals surface area (Å²) >= 11 is 6.27. The number of amides is 2. The van der Waals surface area contributed by atoms with Crippen LogP contribution < -0.4 is 5.32 Å². The fourth-order valence-electron chi connectivity index (χ4n) is 3.50. The Morgan fingerprint density at radius 3 is 2.76 bits per heavy atom. The molecule has 0 aliphatic carbocycles. The van der Waals surface area contributed by atoms with Gasteiger partial charge in [0.25, 0.3) is 5.91 Å². The number of piperidine rings is 1. The van der Waals surface area contributed by atoms with Crippen LogP contribution in [0.15, 0.2) is 58.8 Å². The summed E-state index contributed by atoms with van der Waals surface area (Å²) in [6.07, 6.45) is 1.17. The number of nitrogens with zero attached hydrogens (tertiary/aromatic N) is 3. The first-order valence-electron chi connectivity index (χ1n) is 9.33. The van der Waals surface area contributed by atoms with Gasteiger partial charge in [-0.3, -0.25) is 9.59 Å². The van der Waals surface area contributed by atoms with Crippen LogP contribution in [0, 0.1) is 5.92 Å². The molecule has 148 valence electrons. The van der Waals surface area contributed by atoms with Crippen LogP contribution in [0.5, 0.6) is 5.88 Å². The van der Waals surface area contributed by atoms with E-state index in [1.54, 1.807) is 16.7 Å². The predicted molar refractivity (Wildman–Crippen MR) is 109 cm³/mol. The number of fused-ring (bicyclic) bond motifs is 1. The number of aromatic hydroxyl groups is 1. The second-order valence-electron chi connectivity index (χ2n) is 6.89. The molecule has 0 spiro atoms. The summed E-state index contributed by atoms with van der Waals surface area (Å²) in [4.78, 5) is 24.2. The molecule has 29 heavy (non-hydrogen) atoms. The van der Waals surface area contributed by atoms with Crippen LogP contribution in [0.1, 0.15) is 18.4 Å². The van der Waals surface area contributed by atoms with Gasteiger partial charge in [0.1, 0.15) is 5.92 Å². The van der Waals surface area contributed by atoms with E-state index < -0.39 is 11.8 Å². The number of halogens is 1. The molecular weight excluding hydrogens is 392 g/mol. The van der Waals surface area contributed by atoms with Crippen LogP contribution in [0.4, 0.5) is 5.69 Å². The van der Waals surface area contributed by atoms with E-state index in [1.807, 2.05) is 36.4 Å². The molecule has 0 unspecified atom stereocenters. The minimum absolute atomic E-state index is 0.115. The number of hydrogen-bond acceptors (Lipinski definition) is 4. The van der Waals surface area contributed by atoms with Gasteiger partial charge in [0.2, 0.25) is 11.8 Å². The first-order chi connectivity index (χ1) is 14.1. The molecule has 2 heterocycles. The van der Waals surface area contributed by atoms with Crippen molar-refractivity contribution in [3.63, 3.8) is 0 Å². The predicted octanol–water partition coefficient (Wildman–Crippen LogP) is 4.19. The average molecular weight is 411 g/mol. The van der Waals surface area contributed by atoms with Crippen molar-refractivity contribution >= 4 is 40.0 Å². The molecular formula is C21H19ClN4O3. The fraction of sp³-hybridized carbons (Fsp3) is 0.238. The van der Waals surface area contributed by atoms with E-state index in [0.29, 0.717) is 29.9 Å². The van der Waals surface area contributed by atoms with Crippen LogP contribution >= 0.6 is 11.6 Å². The minimum Gasteiger partial charge on any atom is -0.493 e. The lowest BCUT2D eigenvalue weighted by molar-refractivity contribution is -0.135. The van der Waals surface area contributed by atoms with E-state index in [1.165, 1.54) is 0 Å². The summed E-state index contributed by atoms with van der Waals surface area (Å²) in [6, 6.07) is 14.7. The maximum absolute atomic E-state index is 12.3. The molecule has 1 aliphatic heterocycles. The molecule has 4 rings (SSSR count). The Morgan fingerprint density at radius 1 is 1.21 bits per heavy atom. The number of hydrogen-bond donors (Lipinski definition) is 2. The Morgan fingerprint density at radius 2 is 1.97 bits per heavy atom. The van der Waals surface area contributed by atoms with Gasteiger partial charge in [0.05, 0.1) is 12.1 Å². The highest BCUT2D eigenvalue weighted by Crippen LogP contribution is 2.39. The van der Waals surface area contributed by atoms with Gasteiger partial charge in [0.15, 0.2) is 5.69 Å². The highest BCUT2D eigenvalue weighted by molar-refractivity contribution is 6.31. The molecule has 2 amide bonds. The number of rotatable bonds is 4. The molecule has 8 heteroatoms. The lowest BCUT2D eigenvalue weighted by Crippen LogP contribution is -2.39. The average Bonchev–Trinajstić information content (AvgIpc) is 2.99. The SMILES string of the molecule is O=C(N=Nc1c(O)n(Cc2ccccc2Cl)c2ccccc12)[C@H]1CCCNC1=O. The lowest BCUT2D eigenvalue weighted by atomic mass is 9.98. The maximum Gasteiger partial charge on any atom is 0.277 e. The molecule has 1 saturated heterocycles. The Bertz CT molecular complexity index is 1120. The molecule has 0 saturated carbocycles. The highest BCUT2D eigenvalue weighted by atomic mass is 35.5. The molecule has 2 N–H and O–H groups in total. The monoisotopic (exact) mass is 410 g/mol. The quantitative estimate of drug-likeness (QED) is 0.498. The van der Waals surface area contributed by atoms with Crippen molar-refractivity contribution < 1.29 is 14.7 Å². The molecule has 1 atom stereocenters. The highest BCUT2D eigenvalue weighted by Gasteiger charge is 2.29. The van der Waals surface area contributed by atoms with E-state index in [9.17, 15) is 14.7 Å². The van der Waals surface area contributed by atoms with Crippen LogP contribution in [0.2, 0.25) is 5.02 Å². The fourth-order valence-corrected chi connectivity index (χ4v) is 3.70. The minimum atomic E-state index is -0.828. The van der Waals surface area contributed by atoms with Crippen molar-refractivity contribution in [3.05, 3.63) is 59.1 Å². The molecule has 0 radical (unpaired) electrons. The Hall–Kier alpha value is -3.19. The van der Waals surface area contributed by atoms with E-state index in [2.05, 4.69) is 15.5 Å². The van der Waals surface area contributed by atoms with Crippen molar-refractivity contribution in [3.8, 4) is 5.88 Å². The number of azo groups is 1. The molecule has 2 aromatic carbocycles. The third-order valence-electron chi connectivity index (χ3n) is 5.04. The third-order valence-corrected chi connectivity index (χ3v) is 5.40. The van der Waals surface area contributed by atoms with Crippen molar-refractivity contribution in [2.24, 2.45) is 16.1 Å². The van der Waals surface area contributed by atoms with Gasteiger partial charge in [0, 0.05) is 17.0 Å². The smallest absolute Gasteiger partial charge is 0.277 e. The van der Waals surface area contributed by atoms with Gasteiger partial charge in [-0.1, -0.05) is 48.0 Å². The normalized spacial score (nSPS) is 17.0. The number of carbonyl (C=O) groups is 2. The Balaban J connectivity index is 1.70. The van der Waals surface area contributed by atoms with E-state index in [-0.39, 0.29) is 17.5 Å². The van der Waals surface area contributed by atoms with E-state index >= 15 is 0 Å². The molecule has 1 fully saturated rings. The summed E-state index contributed by atoms with van der Waals surface area (Å²) in [5.74, 6) is -1.88. The number of carbonyl (C=O) groups excluding carboxylic acids is 2. The summed E-state index contributed by atoms with van der Waals surface area (Å²) in [5, 5.41) is 22.5. The van der Waals surface area contributed by atoms with Crippen LogP contribution in [-0.2, 0) is 16.1 Å². The number of aromatic nitrogens is 1. The van der Waals surface area contributed by atoms with Crippen molar-refractivity contribution in [2.45, 2.75) is 19.4 Å². The summed E-state index contributed by atoms with van der Waals surface area (Å²) < 4.78 is 1.67. The number of benzene rings is 2. The number of nitrogens with one attached hydrogen (secondary N) is 1. The first-order valence-corrected chi connectivity index (χ1v) is 9.71. The molecule has 0 bridgehead atoms. The maximum atomic E-state index is 12.3. The van der Waals surface area contributed by atoms with Crippen LogP contribution in [0.3, 0.4) is 0 Å². The van der Waals surface area contributed by atoms with Gasteiger partial charge < -0.3 is 15.0 Å². The van der Waals surface area contributed by atoms with E-state index in [4.69, 9.17) is 11.6 Å². The molecule has 1 aromatic heterocycles. The number of para-hydroxylation sites is 1. The first kappa shape index (κ1) is 19.1. The molecule has 3 aromatic rings. The second-order valence-corrected chi connectivity index (χ2v) is 7.30. The van der Waals surface area contributed by atoms with Crippen LogP contribution in [-0.4, -0.2) is 28.0 Å². The zero-order valence-electron chi connectivity index (χ0n) is 15.5. The van der Waals surface area contributed by atoms with E-state index in [0.717, 1.165) is 17.5 Å². The zero-order valence-corrected chi connectivity index (χ0v) is 16.3. The standard InChI is InChI=1S/C21H19ClN4O3/c22-16-9-3-1-6-13(16)12-26-17-10-4-2-7-14(17)18(21(26)29)24-25-20(28)15-8-5-11-23-19(15)27/h1-4,6-7,9-10,15,29H,5,8,11-12H2,(H,23,27)/t15-/m0/s1. The zero-order chi connectivity index (χ0) is 20.4. The van der Waals surface area contributed by atoms with Gasteiger partial charge in [-0.25, -0.2) is 0 Å². The Kier molecular flexibility index (Phi) is 5.31. The second kappa shape index (κ2) is 8.05. The topological polar surface area (TPSA) is 96.0 Å².